The van der Waals surface area contributed by atoms with Crippen molar-refractivity contribution in [2.24, 2.45) is 0 Å². The molecule has 1 saturated carbocycles. The molecule has 0 radical (unpaired) electrons. The monoisotopic (exact) mass is 533 g/mol. The number of aliphatic hydroxyl groups is 1. The molecule has 0 unspecified atom stereocenters. The number of carbonyl (C=O) groups excluding carboxylic acids is 2. The SMILES string of the molecule is COc1cc2nn([C@H]3CC[C@H](N(C)C(=O)[C@@H](C)O)CC3)cc2cc1C(=O)Nc1cccn(-c2cn[nH]c2)c1=O. The van der Waals surface area contributed by atoms with E-state index in [4.69, 9.17) is 9.84 Å². The molecule has 0 bridgehead atoms. The Morgan fingerprint density at radius 2 is 2.03 bits per heavy atom. The van der Waals surface area contributed by atoms with Crippen LogP contribution in [-0.4, -0.2) is 72.7 Å². The summed E-state index contributed by atoms with van der Waals surface area (Å²) in [5.74, 6) is -0.398. The van der Waals surface area contributed by atoms with E-state index in [0.29, 0.717) is 17.0 Å². The highest BCUT2D eigenvalue weighted by Gasteiger charge is 2.29. The Kier molecular flexibility index (Phi) is 7.20. The summed E-state index contributed by atoms with van der Waals surface area (Å²) in [6.07, 6.45) is 8.87. The summed E-state index contributed by atoms with van der Waals surface area (Å²) in [5.41, 5.74) is 1.25. The predicted octanol–water partition coefficient (Wildman–Crippen LogP) is 2.49. The van der Waals surface area contributed by atoms with Crippen LogP contribution in [0.4, 0.5) is 5.69 Å². The number of pyridine rings is 1. The topological polar surface area (TPSA) is 147 Å². The molecule has 3 heterocycles. The number of rotatable bonds is 7. The van der Waals surface area contributed by atoms with Crippen LogP contribution in [-0.2, 0) is 4.79 Å². The molecule has 1 aliphatic carbocycles. The number of benzene rings is 1. The van der Waals surface area contributed by atoms with Crippen LogP contribution in [0.5, 0.6) is 5.75 Å². The number of aromatic nitrogens is 5. The van der Waals surface area contributed by atoms with Gasteiger partial charge in [-0.25, -0.2) is 0 Å². The second-order valence-corrected chi connectivity index (χ2v) is 9.82. The molecule has 5 rings (SSSR count). The number of methoxy groups -OCH3 is 1. The smallest absolute Gasteiger partial charge is 0.278 e. The van der Waals surface area contributed by atoms with Crippen molar-refractivity contribution >= 4 is 28.4 Å². The molecule has 0 aliphatic heterocycles. The fourth-order valence-corrected chi connectivity index (χ4v) is 5.15. The van der Waals surface area contributed by atoms with Gasteiger partial charge in [0.15, 0.2) is 0 Å². The maximum Gasteiger partial charge on any atom is 0.278 e. The molecule has 0 spiro atoms. The van der Waals surface area contributed by atoms with E-state index in [0.717, 1.165) is 31.1 Å². The molecular formula is C27H31N7O5. The highest BCUT2D eigenvalue weighted by molar-refractivity contribution is 6.08. The quantitative estimate of drug-likeness (QED) is 0.331. The molecule has 12 heteroatoms. The number of carbonyl (C=O) groups is 2. The Balaban J connectivity index is 1.35. The van der Waals surface area contributed by atoms with Gasteiger partial charge in [-0.15, -0.1) is 0 Å². The highest BCUT2D eigenvalue weighted by Crippen LogP contribution is 2.33. The van der Waals surface area contributed by atoms with Crippen LogP contribution in [0.3, 0.4) is 0 Å². The van der Waals surface area contributed by atoms with Crippen LogP contribution in [0, 0.1) is 0 Å². The van der Waals surface area contributed by atoms with Crippen molar-refractivity contribution in [2.45, 2.75) is 50.8 Å². The van der Waals surface area contributed by atoms with Crippen LogP contribution in [0.1, 0.15) is 49.0 Å². The van der Waals surface area contributed by atoms with Crippen LogP contribution in [0.2, 0.25) is 0 Å². The third kappa shape index (κ3) is 5.15. The number of amides is 2. The van der Waals surface area contributed by atoms with E-state index in [1.54, 1.807) is 48.6 Å². The van der Waals surface area contributed by atoms with E-state index < -0.39 is 17.6 Å². The Labute approximate surface area is 224 Å². The number of aliphatic hydroxyl groups excluding tert-OH is 1. The number of hydrogen-bond donors (Lipinski definition) is 3. The van der Waals surface area contributed by atoms with E-state index in [1.165, 1.54) is 24.8 Å². The molecule has 4 aromatic rings. The summed E-state index contributed by atoms with van der Waals surface area (Å²) >= 11 is 0. The van der Waals surface area contributed by atoms with E-state index in [1.807, 2.05) is 10.9 Å². The summed E-state index contributed by atoms with van der Waals surface area (Å²) < 4.78 is 8.80. The van der Waals surface area contributed by atoms with Gasteiger partial charge in [0.25, 0.3) is 17.4 Å². The Bertz CT molecular complexity index is 1550. The first-order valence-electron chi connectivity index (χ1n) is 12.8. The average Bonchev–Trinajstić information content (AvgIpc) is 3.62. The lowest BCUT2D eigenvalue weighted by Crippen LogP contribution is -2.43. The lowest BCUT2D eigenvalue weighted by Gasteiger charge is -2.35. The minimum atomic E-state index is -1.01. The molecule has 3 N–H and O–H groups in total. The second kappa shape index (κ2) is 10.7. The first-order chi connectivity index (χ1) is 18.8. The summed E-state index contributed by atoms with van der Waals surface area (Å²) in [4.78, 5) is 40.0. The van der Waals surface area contributed by atoms with Gasteiger partial charge in [0.1, 0.15) is 17.5 Å². The zero-order valence-corrected chi connectivity index (χ0v) is 22.0. The molecule has 204 valence electrons. The number of aromatic amines is 1. The van der Waals surface area contributed by atoms with Gasteiger partial charge in [0, 0.05) is 43.1 Å². The van der Waals surface area contributed by atoms with Crippen molar-refractivity contribution in [2.75, 3.05) is 19.5 Å². The van der Waals surface area contributed by atoms with E-state index in [-0.39, 0.29) is 29.2 Å². The van der Waals surface area contributed by atoms with E-state index >= 15 is 0 Å². The van der Waals surface area contributed by atoms with Gasteiger partial charge in [-0.1, -0.05) is 0 Å². The first-order valence-corrected chi connectivity index (χ1v) is 12.8. The predicted molar refractivity (Wildman–Crippen MR) is 144 cm³/mol. The first kappa shape index (κ1) is 26.2. The lowest BCUT2D eigenvalue weighted by atomic mass is 9.90. The number of likely N-dealkylation sites (N-methyl/N-ethyl adjacent to an activating group) is 1. The lowest BCUT2D eigenvalue weighted by molar-refractivity contribution is -0.140. The van der Waals surface area contributed by atoms with Gasteiger partial charge in [0.2, 0.25) is 0 Å². The van der Waals surface area contributed by atoms with Crippen LogP contribution < -0.4 is 15.6 Å². The number of ether oxygens (including phenoxy) is 1. The molecule has 1 aliphatic rings. The Morgan fingerprint density at radius 1 is 1.26 bits per heavy atom. The van der Waals surface area contributed by atoms with Crippen LogP contribution in [0.15, 0.2) is 53.8 Å². The van der Waals surface area contributed by atoms with Gasteiger partial charge in [-0.3, -0.25) is 28.7 Å². The summed E-state index contributed by atoms with van der Waals surface area (Å²) in [6.45, 7) is 1.49. The number of H-pyrrole nitrogens is 1. The maximum atomic E-state index is 13.3. The molecule has 12 nitrogen and oxygen atoms in total. The molecular weight excluding hydrogens is 502 g/mol. The molecule has 2 amide bonds. The fourth-order valence-electron chi connectivity index (χ4n) is 5.15. The Morgan fingerprint density at radius 3 is 2.69 bits per heavy atom. The fraction of sp³-hybridized carbons (Fsp3) is 0.370. The Hall–Kier alpha value is -4.45. The molecule has 39 heavy (non-hydrogen) atoms. The standard InChI is InChI=1S/C27H31N7O5/c1-16(35)26(37)32(2)18-6-8-19(9-7-18)34-15-17-11-21(24(39-3)12-23(17)31-34)25(36)30-22-5-4-10-33(27(22)38)20-13-28-29-14-20/h4-5,10-16,18-19,35H,6-9H2,1-3H3,(H,28,29)(H,30,36)/t16-,18-,19-/m1/s1. The number of hydrogen-bond acceptors (Lipinski definition) is 7. The van der Waals surface area contributed by atoms with Gasteiger partial charge in [-0.2, -0.15) is 10.2 Å². The van der Waals surface area contributed by atoms with Crippen LogP contribution >= 0.6 is 0 Å². The number of fused-ring (bicyclic) bond motifs is 1. The zero-order chi connectivity index (χ0) is 27.7. The van der Waals surface area contributed by atoms with Crippen molar-refractivity contribution in [3.8, 4) is 11.4 Å². The molecule has 0 saturated heterocycles. The summed E-state index contributed by atoms with van der Waals surface area (Å²) in [5, 5.41) is 24.4. The normalized spacial score (nSPS) is 18.1. The molecule has 1 aromatic carbocycles. The van der Waals surface area contributed by atoms with Gasteiger partial charge >= 0.3 is 0 Å². The largest absolute Gasteiger partial charge is 0.496 e. The summed E-state index contributed by atoms with van der Waals surface area (Å²) in [6, 6.07) is 6.88. The molecule has 1 fully saturated rings. The van der Waals surface area contributed by atoms with Crippen molar-refractivity contribution in [1.29, 1.82) is 0 Å². The number of anilines is 1. The second-order valence-electron chi connectivity index (χ2n) is 9.82. The van der Waals surface area contributed by atoms with Gasteiger partial charge in [0.05, 0.1) is 36.1 Å². The number of nitrogens with zero attached hydrogens (tertiary/aromatic N) is 5. The van der Waals surface area contributed by atoms with Gasteiger partial charge < -0.3 is 20.1 Å². The van der Waals surface area contributed by atoms with Crippen molar-refractivity contribution in [3.63, 3.8) is 0 Å². The van der Waals surface area contributed by atoms with E-state index in [2.05, 4.69) is 15.5 Å². The number of nitrogens with one attached hydrogen (secondary N) is 2. The van der Waals surface area contributed by atoms with Gasteiger partial charge in [-0.05, 0) is 50.8 Å². The van der Waals surface area contributed by atoms with Crippen LogP contribution in [0.25, 0.3) is 16.6 Å². The van der Waals surface area contributed by atoms with Crippen molar-refractivity contribution < 1.29 is 19.4 Å². The molecule has 1 atom stereocenters. The minimum Gasteiger partial charge on any atom is -0.496 e. The zero-order valence-electron chi connectivity index (χ0n) is 22.0. The van der Waals surface area contributed by atoms with Crippen molar-refractivity contribution in [1.82, 2.24) is 29.4 Å². The average molecular weight is 534 g/mol. The minimum absolute atomic E-state index is 0.0831. The third-order valence-corrected chi connectivity index (χ3v) is 7.34. The highest BCUT2D eigenvalue weighted by atomic mass is 16.5. The molecule has 3 aromatic heterocycles. The third-order valence-electron chi connectivity index (χ3n) is 7.34. The summed E-state index contributed by atoms with van der Waals surface area (Å²) in [7, 11) is 3.22. The maximum absolute atomic E-state index is 13.3. The van der Waals surface area contributed by atoms with E-state index in [9.17, 15) is 19.5 Å². The van der Waals surface area contributed by atoms with Crippen molar-refractivity contribution in [3.05, 3.63) is 65.0 Å².